The molecule has 0 heterocycles. The van der Waals surface area contributed by atoms with Crippen LogP contribution in [-0.4, -0.2) is 25.9 Å². The molecule has 0 bridgehead atoms. The molecule has 0 saturated carbocycles. The minimum Gasteiger partial charge on any atom is -0.493 e. The zero-order valence-electron chi connectivity index (χ0n) is 25.7. The predicted octanol–water partition coefficient (Wildman–Crippen LogP) is 9.50. The Hall–Kier alpha value is -2.79. The van der Waals surface area contributed by atoms with Crippen LogP contribution in [0.1, 0.15) is 105 Å². The highest BCUT2D eigenvalue weighted by Gasteiger charge is 2.07. The minimum absolute atomic E-state index is 0.361. The average Bonchev–Trinajstić information content (AvgIpc) is 2.89. The predicted molar refractivity (Wildman–Crippen MR) is 170 cm³/mol. The molecule has 2 aromatic rings. The van der Waals surface area contributed by atoms with E-state index >= 15 is 0 Å². The fraction of sp³-hybridized carbons (Fsp3) is 0.571. The number of unbranched alkanes of at least 4 members (excludes halogenated alkanes) is 10. The number of hydrogen-bond acceptors (Lipinski definition) is 4. The van der Waals surface area contributed by atoms with Crippen molar-refractivity contribution in [3.05, 3.63) is 70.8 Å². The van der Waals surface area contributed by atoms with Gasteiger partial charge in [0.25, 0.3) is 0 Å². The van der Waals surface area contributed by atoms with Gasteiger partial charge in [-0.1, -0.05) is 75.6 Å². The van der Waals surface area contributed by atoms with E-state index in [1.807, 2.05) is 32.1 Å². The van der Waals surface area contributed by atoms with Crippen LogP contribution in [0.3, 0.4) is 0 Å². The van der Waals surface area contributed by atoms with Gasteiger partial charge in [0, 0.05) is 12.2 Å². The topological polar surface area (TPSA) is 59.6 Å². The number of anilines is 1. The molecule has 0 aliphatic carbocycles. The molecular weight excluding hydrogens is 496 g/mol. The van der Waals surface area contributed by atoms with Gasteiger partial charge < -0.3 is 14.8 Å². The van der Waals surface area contributed by atoms with E-state index in [0.29, 0.717) is 6.61 Å². The van der Waals surface area contributed by atoms with E-state index in [-0.39, 0.29) is 6.09 Å². The molecule has 1 amide bonds. The van der Waals surface area contributed by atoms with Crippen LogP contribution in [0.15, 0.2) is 43.0 Å². The molecule has 0 saturated heterocycles. The van der Waals surface area contributed by atoms with Crippen molar-refractivity contribution < 1.29 is 14.3 Å². The van der Waals surface area contributed by atoms with Crippen LogP contribution in [-0.2, 0) is 11.3 Å². The summed E-state index contributed by atoms with van der Waals surface area (Å²) in [6.45, 7) is 15.3. The Kier molecular flexibility index (Phi) is 16.8. The van der Waals surface area contributed by atoms with Crippen LogP contribution in [0.2, 0.25) is 0 Å². The zero-order valence-corrected chi connectivity index (χ0v) is 25.7. The summed E-state index contributed by atoms with van der Waals surface area (Å²) in [7, 11) is 0. The molecule has 0 aliphatic rings. The van der Waals surface area contributed by atoms with Gasteiger partial charge >= 0.3 is 6.09 Å². The van der Waals surface area contributed by atoms with Gasteiger partial charge in [-0.05, 0) is 99.9 Å². The second-order valence-electron chi connectivity index (χ2n) is 11.2. The third-order valence-electron chi connectivity index (χ3n) is 7.10. The number of hydrogen-bond donors (Lipinski definition) is 2. The lowest BCUT2D eigenvalue weighted by atomic mass is 10.1. The minimum atomic E-state index is -0.361. The summed E-state index contributed by atoms with van der Waals surface area (Å²) in [5.74, 6) is 1.04. The smallest absolute Gasteiger partial charge is 0.411 e. The van der Waals surface area contributed by atoms with Crippen LogP contribution >= 0.6 is 0 Å². The van der Waals surface area contributed by atoms with Crippen molar-refractivity contribution in [2.75, 3.05) is 25.1 Å². The van der Waals surface area contributed by atoms with Crippen molar-refractivity contribution in [1.82, 2.24) is 5.32 Å². The normalized spacial score (nSPS) is 10.9. The van der Waals surface area contributed by atoms with Gasteiger partial charge in [0.2, 0.25) is 0 Å². The van der Waals surface area contributed by atoms with E-state index < -0.39 is 0 Å². The molecule has 40 heavy (non-hydrogen) atoms. The summed E-state index contributed by atoms with van der Waals surface area (Å²) in [6, 6.07) is 10.5. The maximum absolute atomic E-state index is 12.0. The molecule has 5 heteroatoms. The molecule has 222 valence electrons. The van der Waals surface area contributed by atoms with Crippen molar-refractivity contribution in [3.8, 4) is 5.75 Å². The number of amides is 1. The number of aryl methyl sites for hydroxylation is 4. The highest BCUT2D eigenvalue weighted by molar-refractivity contribution is 5.84. The first-order valence-electron chi connectivity index (χ1n) is 15.5. The SMILES string of the molecule is C=CCCCOc1c(C)cc(CNCCCCCCCCCCCCOC(=O)Nc2cc(C)cc(C)c2)cc1C. The lowest BCUT2D eigenvalue weighted by Gasteiger charge is -2.14. The number of nitrogens with one attached hydrogen (secondary N) is 2. The van der Waals surface area contributed by atoms with Crippen molar-refractivity contribution in [1.29, 1.82) is 0 Å². The van der Waals surface area contributed by atoms with Crippen LogP contribution < -0.4 is 15.4 Å². The summed E-state index contributed by atoms with van der Waals surface area (Å²) in [6.07, 6.45) is 15.9. The summed E-state index contributed by atoms with van der Waals surface area (Å²) in [5, 5.41) is 6.43. The second-order valence-corrected chi connectivity index (χ2v) is 11.2. The molecule has 0 unspecified atom stereocenters. The Morgan fingerprint density at radius 2 is 1.32 bits per heavy atom. The van der Waals surface area contributed by atoms with E-state index in [2.05, 4.69) is 49.3 Å². The van der Waals surface area contributed by atoms with Gasteiger partial charge in [-0.15, -0.1) is 6.58 Å². The standard InChI is InChI=1S/C35H54N2O3/c1-6-7-17-20-39-34-30(4)25-32(26-31(34)5)27-36-19-16-14-12-10-8-9-11-13-15-18-21-40-35(38)37-33-23-28(2)22-29(3)24-33/h6,22-26,36H,1,7-21,27H2,2-5H3,(H,37,38). The molecular formula is C35H54N2O3. The number of carbonyl (C=O) groups excluding carboxylic acids is 1. The molecule has 0 aromatic heterocycles. The Labute approximate surface area is 244 Å². The van der Waals surface area contributed by atoms with Crippen LogP contribution in [0, 0.1) is 27.7 Å². The molecule has 5 nitrogen and oxygen atoms in total. The summed E-state index contributed by atoms with van der Waals surface area (Å²) < 4.78 is 11.3. The van der Waals surface area contributed by atoms with E-state index in [0.717, 1.165) is 67.9 Å². The lowest BCUT2D eigenvalue weighted by Crippen LogP contribution is -2.15. The van der Waals surface area contributed by atoms with E-state index in [4.69, 9.17) is 9.47 Å². The number of allylic oxidation sites excluding steroid dienone is 1. The molecule has 0 atom stereocenters. The van der Waals surface area contributed by atoms with Gasteiger partial charge in [0.05, 0.1) is 13.2 Å². The molecule has 2 rings (SSSR count). The van der Waals surface area contributed by atoms with Gasteiger partial charge in [-0.2, -0.15) is 0 Å². The van der Waals surface area contributed by atoms with Gasteiger partial charge in [0.15, 0.2) is 0 Å². The first kappa shape index (κ1) is 33.4. The van der Waals surface area contributed by atoms with Crippen LogP contribution in [0.5, 0.6) is 5.75 Å². The maximum Gasteiger partial charge on any atom is 0.411 e. The van der Waals surface area contributed by atoms with Gasteiger partial charge in [-0.25, -0.2) is 4.79 Å². The zero-order chi connectivity index (χ0) is 29.0. The molecule has 0 aliphatic heterocycles. The van der Waals surface area contributed by atoms with Gasteiger partial charge in [0.1, 0.15) is 5.75 Å². The van der Waals surface area contributed by atoms with E-state index in [9.17, 15) is 4.79 Å². The number of rotatable bonds is 21. The van der Waals surface area contributed by atoms with E-state index in [1.165, 1.54) is 68.1 Å². The molecule has 0 radical (unpaired) electrons. The summed E-state index contributed by atoms with van der Waals surface area (Å²) in [5.41, 5.74) is 6.84. The highest BCUT2D eigenvalue weighted by atomic mass is 16.5. The Bertz CT molecular complexity index is 974. The monoisotopic (exact) mass is 550 g/mol. The largest absolute Gasteiger partial charge is 0.493 e. The third kappa shape index (κ3) is 14.6. The summed E-state index contributed by atoms with van der Waals surface area (Å²) >= 11 is 0. The number of carbonyl (C=O) groups is 1. The first-order valence-corrected chi connectivity index (χ1v) is 15.5. The van der Waals surface area contributed by atoms with Crippen molar-refractivity contribution in [3.63, 3.8) is 0 Å². The second kappa shape index (κ2) is 20.1. The Morgan fingerprint density at radius 1 is 0.750 bits per heavy atom. The third-order valence-corrected chi connectivity index (χ3v) is 7.10. The average molecular weight is 551 g/mol. The number of ether oxygens (including phenoxy) is 2. The maximum atomic E-state index is 12.0. The Balaban J connectivity index is 1.39. The fourth-order valence-corrected chi connectivity index (χ4v) is 5.14. The Morgan fingerprint density at radius 3 is 1.93 bits per heavy atom. The molecule has 0 fully saturated rings. The molecule has 2 N–H and O–H groups in total. The van der Waals surface area contributed by atoms with Crippen LogP contribution in [0.25, 0.3) is 0 Å². The quantitative estimate of drug-likeness (QED) is 0.120. The molecule has 0 spiro atoms. The first-order chi connectivity index (χ1) is 19.4. The van der Waals surface area contributed by atoms with E-state index in [1.54, 1.807) is 0 Å². The van der Waals surface area contributed by atoms with Crippen LogP contribution in [0.4, 0.5) is 10.5 Å². The van der Waals surface area contributed by atoms with Crippen molar-refractivity contribution in [2.45, 2.75) is 111 Å². The summed E-state index contributed by atoms with van der Waals surface area (Å²) in [4.78, 5) is 12.0. The number of benzene rings is 2. The van der Waals surface area contributed by atoms with Crippen molar-refractivity contribution in [2.24, 2.45) is 0 Å². The van der Waals surface area contributed by atoms with Crippen molar-refractivity contribution >= 4 is 11.8 Å². The molecule has 2 aromatic carbocycles. The fourth-order valence-electron chi connectivity index (χ4n) is 5.14. The lowest BCUT2D eigenvalue weighted by molar-refractivity contribution is 0.159. The van der Waals surface area contributed by atoms with Gasteiger partial charge in [-0.3, -0.25) is 5.32 Å². The highest BCUT2D eigenvalue weighted by Crippen LogP contribution is 2.25.